The smallest absolute Gasteiger partial charge is 0.223 e. The average molecular weight is 584 g/mol. The van der Waals surface area contributed by atoms with Gasteiger partial charge in [-0.05, 0) is 139 Å². The molecule has 7 unspecified atom stereocenters. The molecule has 0 aliphatic heterocycles. The van der Waals surface area contributed by atoms with Crippen molar-refractivity contribution < 1.29 is 14.3 Å². The predicted octanol–water partition coefficient (Wildman–Crippen LogP) is 9.46. The number of hydrogen-bond donors (Lipinski definition) is 1. The summed E-state index contributed by atoms with van der Waals surface area (Å²) in [5.41, 5.74) is 1.62. The first-order valence-corrected chi connectivity index (χ1v) is 17.7. The van der Waals surface area contributed by atoms with Gasteiger partial charge in [-0.15, -0.1) is 0 Å². The van der Waals surface area contributed by atoms with Crippen molar-refractivity contribution in [3.05, 3.63) is 11.6 Å². The zero-order chi connectivity index (χ0) is 30.9. The van der Waals surface area contributed by atoms with Gasteiger partial charge in [-0.1, -0.05) is 58.6 Å². The Labute approximate surface area is 259 Å². The number of carbonyl (C=O) groups is 2. The van der Waals surface area contributed by atoms with Crippen LogP contribution in [0.3, 0.4) is 0 Å². The number of ether oxygens (including phenoxy) is 1. The summed E-state index contributed by atoms with van der Waals surface area (Å²) in [7, 11) is 0. The minimum absolute atomic E-state index is 0.0748. The van der Waals surface area contributed by atoms with Gasteiger partial charge in [0.2, 0.25) is 5.91 Å². The van der Waals surface area contributed by atoms with Gasteiger partial charge in [-0.2, -0.15) is 0 Å². The lowest BCUT2D eigenvalue weighted by atomic mass is 9.47. The fourth-order valence-electron chi connectivity index (χ4n) is 10.1. The number of amides is 1. The van der Waals surface area contributed by atoms with Crippen LogP contribution in [0.25, 0.3) is 0 Å². The van der Waals surface area contributed by atoms with Gasteiger partial charge in [-0.3, -0.25) is 9.59 Å². The van der Waals surface area contributed by atoms with Crippen molar-refractivity contribution in [3.8, 4) is 0 Å². The van der Waals surface area contributed by atoms with E-state index in [1.54, 1.807) is 12.5 Å². The van der Waals surface area contributed by atoms with Crippen molar-refractivity contribution in [2.24, 2.45) is 46.3 Å². The second-order valence-electron chi connectivity index (χ2n) is 17.3. The monoisotopic (exact) mass is 583 g/mol. The number of ketones is 1. The Morgan fingerprint density at radius 1 is 1.02 bits per heavy atom. The Morgan fingerprint density at radius 3 is 2.45 bits per heavy atom. The number of Topliss-reactive ketones (excluding diaryl/α,β-unsaturated/α-hetero) is 1. The Bertz CT molecular complexity index is 994. The van der Waals surface area contributed by atoms with Crippen LogP contribution >= 0.6 is 0 Å². The maximum Gasteiger partial charge on any atom is 0.223 e. The molecule has 0 saturated heterocycles. The summed E-state index contributed by atoms with van der Waals surface area (Å²) in [6, 6.07) is 0. The summed E-state index contributed by atoms with van der Waals surface area (Å²) >= 11 is 0. The molecule has 0 aromatic heterocycles. The number of fused-ring (bicyclic) bond motifs is 5. The van der Waals surface area contributed by atoms with E-state index in [-0.39, 0.29) is 28.6 Å². The molecule has 4 rings (SSSR count). The molecule has 0 aromatic carbocycles. The van der Waals surface area contributed by atoms with Crippen LogP contribution in [-0.4, -0.2) is 29.4 Å². The summed E-state index contributed by atoms with van der Waals surface area (Å²) in [6.07, 6.45) is 19.5. The Balaban J connectivity index is 1.33. The van der Waals surface area contributed by atoms with Crippen LogP contribution in [0.5, 0.6) is 0 Å². The van der Waals surface area contributed by atoms with E-state index in [9.17, 15) is 9.59 Å². The van der Waals surface area contributed by atoms with Gasteiger partial charge in [0.05, 0.1) is 5.60 Å². The van der Waals surface area contributed by atoms with Gasteiger partial charge in [0, 0.05) is 24.5 Å². The molecule has 0 aromatic rings. The van der Waals surface area contributed by atoms with Crippen molar-refractivity contribution in [2.75, 3.05) is 6.61 Å². The molecule has 4 aliphatic carbocycles. The van der Waals surface area contributed by atoms with Gasteiger partial charge < -0.3 is 10.1 Å². The molecule has 4 heteroatoms. The largest absolute Gasteiger partial charge is 0.375 e. The van der Waals surface area contributed by atoms with E-state index in [0.717, 1.165) is 55.3 Å². The molecular formula is C38H65NO3. The molecule has 4 aliphatic rings. The van der Waals surface area contributed by atoms with Crippen molar-refractivity contribution in [3.63, 3.8) is 0 Å². The van der Waals surface area contributed by atoms with E-state index < -0.39 is 5.60 Å². The fourth-order valence-corrected chi connectivity index (χ4v) is 10.1. The van der Waals surface area contributed by atoms with Crippen molar-refractivity contribution in [1.29, 1.82) is 0 Å². The second kappa shape index (κ2) is 13.1. The van der Waals surface area contributed by atoms with Crippen LogP contribution in [0.4, 0.5) is 0 Å². The minimum atomic E-state index is -0.464. The first kappa shape index (κ1) is 33.7. The van der Waals surface area contributed by atoms with Crippen LogP contribution in [0.1, 0.15) is 152 Å². The lowest BCUT2D eigenvalue weighted by Crippen LogP contribution is -2.52. The van der Waals surface area contributed by atoms with Crippen LogP contribution in [-0.2, 0) is 14.3 Å². The van der Waals surface area contributed by atoms with Gasteiger partial charge in [0.1, 0.15) is 5.78 Å². The highest BCUT2D eigenvalue weighted by molar-refractivity contribution is 5.80. The van der Waals surface area contributed by atoms with E-state index in [2.05, 4.69) is 52.9 Å². The summed E-state index contributed by atoms with van der Waals surface area (Å²) in [4.78, 5) is 25.1. The fraction of sp³-hybridized carbons (Fsp3) is 0.895. The molecule has 240 valence electrons. The second-order valence-corrected chi connectivity index (χ2v) is 17.3. The molecule has 1 amide bonds. The SMILES string of the molecule is CC(=O)CC(C)(C)OCCC(C)(C)NC(=O)C1CCC2(C)C(=CCC3C2CCC2(C)C(CCCCC(C)C)CCC32)C1. The molecule has 0 radical (unpaired) electrons. The van der Waals surface area contributed by atoms with E-state index in [1.165, 1.54) is 57.8 Å². The number of nitrogens with one attached hydrogen (secondary N) is 1. The topological polar surface area (TPSA) is 55.4 Å². The first-order chi connectivity index (χ1) is 19.6. The Kier molecular flexibility index (Phi) is 10.5. The summed E-state index contributed by atoms with van der Waals surface area (Å²) in [5, 5.41) is 3.37. The molecule has 0 heterocycles. The highest BCUT2D eigenvalue weighted by Crippen LogP contribution is 2.67. The Morgan fingerprint density at radius 2 is 1.76 bits per heavy atom. The van der Waals surface area contributed by atoms with Gasteiger partial charge in [-0.25, -0.2) is 0 Å². The Hall–Kier alpha value is -1.16. The molecule has 1 N–H and O–H groups in total. The predicted molar refractivity (Wildman–Crippen MR) is 174 cm³/mol. The third-order valence-corrected chi connectivity index (χ3v) is 12.6. The van der Waals surface area contributed by atoms with E-state index in [0.29, 0.717) is 18.4 Å². The third-order valence-electron chi connectivity index (χ3n) is 12.6. The maximum absolute atomic E-state index is 13.5. The quantitative estimate of drug-likeness (QED) is 0.174. The molecule has 7 atom stereocenters. The number of unbranched alkanes of at least 4 members (excludes halogenated alkanes) is 1. The maximum atomic E-state index is 13.5. The summed E-state index contributed by atoms with van der Waals surface area (Å²) in [5.74, 6) is 4.72. The average Bonchev–Trinajstić information content (AvgIpc) is 3.20. The number of allylic oxidation sites excluding steroid dienone is 2. The van der Waals surface area contributed by atoms with Crippen molar-refractivity contribution in [1.82, 2.24) is 5.32 Å². The van der Waals surface area contributed by atoms with Gasteiger partial charge in [0.15, 0.2) is 0 Å². The third kappa shape index (κ3) is 7.55. The lowest BCUT2D eigenvalue weighted by molar-refractivity contribution is -0.128. The van der Waals surface area contributed by atoms with E-state index >= 15 is 0 Å². The highest BCUT2D eigenvalue weighted by Gasteiger charge is 2.58. The lowest BCUT2D eigenvalue weighted by Gasteiger charge is -2.58. The molecule has 3 saturated carbocycles. The number of carbonyl (C=O) groups excluding carboxylic acids is 2. The summed E-state index contributed by atoms with van der Waals surface area (Å²) < 4.78 is 6.03. The zero-order valence-electron chi connectivity index (χ0n) is 28.9. The molecule has 0 spiro atoms. The first-order valence-electron chi connectivity index (χ1n) is 17.7. The molecule has 0 bridgehead atoms. The van der Waals surface area contributed by atoms with Gasteiger partial charge >= 0.3 is 0 Å². The van der Waals surface area contributed by atoms with Crippen molar-refractivity contribution >= 4 is 11.7 Å². The molecule has 4 nitrogen and oxygen atoms in total. The van der Waals surface area contributed by atoms with Crippen LogP contribution in [0.2, 0.25) is 0 Å². The number of hydrogen-bond acceptors (Lipinski definition) is 3. The molecule has 3 fully saturated rings. The standard InChI is InChI=1S/C38H65NO3/c1-26(2)12-10-11-13-29-15-17-32-31-16-14-30-24-28(18-20-38(30,9)33(31)19-21-37(29,32)8)34(41)39-35(4,5)22-23-42-36(6,7)25-27(3)40/h14,26,28-29,31-33H,10-13,15-25H2,1-9H3,(H,39,41). The minimum Gasteiger partial charge on any atom is -0.375 e. The van der Waals surface area contributed by atoms with Crippen LogP contribution in [0, 0.1) is 46.3 Å². The van der Waals surface area contributed by atoms with Gasteiger partial charge in [0.25, 0.3) is 0 Å². The highest BCUT2D eigenvalue weighted by atomic mass is 16.5. The van der Waals surface area contributed by atoms with Crippen LogP contribution < -0.4 is 5.32 Å². The van der Waals surface area contributed by atoms with E-state index in [1.807, 2.05) is 13.8 Å². The van der Waals surface area contributed by atoms with Crippen molar-refractivity contribution in [2.45, 2.75) is 163 Å². The zero-order valence-corrected chi connectivity index (χ0v) is 28.9. The van der Waals surface area contributed by atoms with Crippen LogP contribution in [0.15, 0.2) is 11.6 Å². The summed E-state index contributed by atoms with van der Waals surface area (Å²) in [6.45, 7) is 20.2. The van der Waals surface area contributed by atoms with E-state index in [4.69, 9.17) is 4.74 Å². The number of rotatable bonds is 13. The normalized spacial score (nSPS) is 34.8. The molecular weight excluding hydrogens is 518 g/mol. The molecule has 42 heavy (non-hydrogen) atoms.